The molecule has 0 aliphatic heterocycles. The topological polar surface area (TPSA) is 0 Å². The van der Waals surface area contributed by atoms with Gasteiger partial charge in [-0.2, -0.15) is 0 Å². The molecule has 0 amide bonds. The zero-order chi connectivity index (χ0) is 11.1. The minimum atomic E-state index is 0.808. The van der Waals surface area contributed by atoms with Gasteiger partial charge in [-0.3, -0.25) is 0 Å². The molecule has 0 radical (unpaired) electrons. The molecule has 80 valence electrons. The minimum absolute atomic E-state index is 0.808. The van der Waals surface area contributed by atoms with Crippen molar-refractivity contribution in [1.82, 2.24) is 0 Å². The number of rotatable bonds is 5. The van der Waals surface area contributed by atoms with E-state index in [0.29, 0.717) is 0 Å². The Morgan fingerprint density at radius 3 is 2.80 bits per heavy atom. The summed E-state index contributed by atoms with van der Waals surface area (Å²) in [5, 5.41) is 2.98. The summed E-state index contributed by atoms with van der Waals surface area (Å²) in [6.45, 7) is 5.91. The lowest BCUT2D eigenvalue weighted by Gasteiger charge is -2.07. The maximum Gasteiger partial charge on any atom is 0.0481 e. The highest BCUT2D eigenvalue weighted by molar-refractivity contribution is 8.02. The maximum absolute atomic E-state index is 6.15. The Hall–Kier alpha value is -0.660. The monoisotopic (exact) mass is 238 g/mol. The second-order valence-electron chi connectivity index (χ2n) is 3.07. The van der Waals surface area contributed by atoms with E-state index >= 15 is 0 Å². The van der Waals surface area contributed by atoms with Crippen LogP contribution in [0.1, 0.15) is 18.9 Å². The number of hydrogen-bond acceptors (Lipinski definition) is 1. The lowest BCUT2D eigenvalue weighted by molar-refractivity contribution is 1.40. The van der Waals surface area contributed by atoms with Crippen molar-refractivity contribution in [3.05, 3.63) is 52.9 Å². The van der Waals surface area contributed by atoms with Crippen LogP contribution in [0.5, 0.6) is 0 Å². The second-order valence-corrected chi connectivity index (χ2v) is 4.62. The normalized spacial score (nSPS) is 11.5. The quantitative estimate of drug-likeness (QED) is 0.650. The average Bonchev–Trinajstić information content (AvgIpc) is 2.25. The molecule has 0 saturated heterocycles. The number of thioether (sulfide) groups is 1. The fourth-order valence-corrected chi connectivity index (χ4v) is 2.13. The first-order valence-electron chi connectivity index (χ1n) is 4.96. The summed E-state index contributed by atoms with van der Waals surface area (Å²) in [6.07, 6.45) is 2.77. The van der Waals surface area contributed by atoms with E-state index < -0.39 is 0 Å². The molecule has 0 saturated carbocycles. The Labute approximate surface area is 101 Å². The zero-order valence-corrected chi connectivity index (χ0v) is 10.4. The largest absolute Gasteiger partial charge is 0.134 e. The molecule has 0 nitrogen and oxygen atoms in total. The summed E-state index contributed by atoms with van der Waals surface area (Å²) >= 11 is 7.94. The van der Waals surface area contributed by atoms with Gasteiger partial charge in [-0.05, 0) is 34.8 Å². The Bertz CT molecular complexity index is 355. The summed E-state index contributed by atoms with van der Waals surface area (Å²) in [4.78, 5) is 0. The Morgan fingerprint density at radius 2 is 2.20 bits per heavy atom. The van der Waals surface area contributed by atoms with Gasteiger partial charge < -0.3 is 0 Å². The molecule has 0 spiro atoms. The molecular weight excluding hydrogens is 224 g/mol. The average molecular weight is 239 g/mol. The lowest BCUT2D eigenvalue weighted by Crippen LogP contribution is -1.84. The second kappa shape index (κ2) is 6.76. The van der Waals surface area contributed by atoms with Crippen molar-refractivity contribution < 1.29 is 0 Å². The lowest BCUT2D eigenvalue weighted by atomic mass is 10.0. The van der Waals surface area contributed by atoms with E-state index in [-0.39, 0.29) is 0 Å². The number of hydrogen-bond donors (Lipinski definition) is 0. The van der Waals surface area contributed by atoms with Crippen molar-refractivity contribution in [3.63, 3.8) is 0 Å². The molecule has 0 aromatic heterocycles. The van der Waals surface area contributed by atoms with Gasteiger partial charge in [0.1, 0.15) is 0 Å². The van der Waals surface area contributed by atoms with Crippen LogP contribution in [0.4, 0.5) is 0 Å². The highest BCUT2D eigenvalue weighted by Gasteiger charge is 2.03. The number of benzene rings is 1. The Kier molecular flexibility index (Phi) is 5.59. The first kappa shape index (κ1) is 12.4. The van der Waals surface area contributed by atoms with Crippen molar-refractivity contribution >= 4 is 28.9 Å². The smallest absolute Gasteiger partial charge is 0.0481 e. The van der Waals surface area contributed by atoms with Crippen LogP contribution in [-0.2, 0) is 0 Å². The van der Waals surface area contributed by atoms with Crippen LogP contribution in [-0.4, -0.2) is 5.75 Å². The summed E-state index contributed by atoms with van der Waals surface area (Å²) in [5.74, 6) is 1.07. The van der Waals surface area contributed by atoms with Crippen molar-refractivity contribution in [2.45, 2.75) is 13.3 Å². The van der Waals surface area contributed by atoms with Gasteiger partial charge in [-0.25, -0.2) is 0 Å². The van der Waals surface area contributed by atoms with Gasteiger partial charge in [-0.1, -0.05) is 42.8 Å². The van der Waals surface area contributed by atoms with Crippen molar-refractivity contribution in [2.75, 3.05) is 5.75 Å². The van der Waals surface area contributed by atoms with E-state index in [1.54, 1.807) is 11.8 Å². The van der Waals surface area contributed by atoms with Crippen molar-refractivity contribution in [1.29, 1.82) is 0 Å². The molecule has 0 aliphatic rings. The predicted octanol–water partition coefficient (Wildman–Crippen LogP) is 5.01. The molecule has 0 aliphatic carbocycles. The van der Waals surface area contributed by atoms with Crippen LogP contribution in [0.15, 0.2) is 42.3 Å². The summed E-state index contributed by atoms with van der Waals surface area (Å²) in [6, 6.07) is 7.93. The van der Waals surface area contributed by atoms with Crippen LogP contribution in [0.3, 0.4) is 0 Å². The number of allylic oxidation sites excluding steroid dienone is 2. The van der Waals surface area contributed by atoms with Crippen LogP contribution < -0.4 is 0 Å². The van der Waals surface area contributed by atoms with E-state index in [0.717, 1.165) is 22.8 Å². The molecule has 0 atom stereocenters. The molecule has 15 heavy (non-hydrogen) atoms. The van der Waals surface area contributed by atoms with Gasteiger partial charge in [0.05, 0.1) is 0 Å². The highest BCUT2D eigenvalue weighted by Crippen LogP contribution is 2.28. The molecule has 1 aromatic rings. The minimum Gasteiger partial charge on any atom is -0.134 e. The van der Waals surface area contributed by atoms with Gasteiger partial charge in [0.2, 0.25) is 0 Å². The predicted molar refractivity (Wildman–Crippen MR) is 72.4 cm³/mol. The third-order valence-electron chi connectivity index (χ3n) is 1.98. The molecule has 1 rings (SSSR count). The Morgan fingerprint density at radius 1 is 1.47 bits per heavy atom. The molecule has 0 N–H and O–H groups in total. The van der Waals surface area contributed by atoms with Gasteiger partial charge in [-0.15, -0.1) is 18.3 Å². The summed E-state index contributed by atoms with van der Waals surface area (Å²) < 4.78 is 0. The SMILES string of the molecule is C=CC/C(=C/SCC)c1ccccc1Cl. The first-order valence-corrected chi connectivity index (χ1v) is 6.38. The third-order valence-corrected chi connectivity index (χ3v) is 3.09. The van der Waals surface area contributed by atoms with Gasteiger partial charge in [0, 0.05) is 5.02 Å². The van der Waals surface area contributed by atoms with Crippen LogP contribution in [0, 0.1) is 0 Å². The maximum atomic E-state index is 6.15. The highest BCUT2D eigenvalue weighted by atomic mass is 35.5. The van der Waals surface area contributed by atoms with Crippen molar-refractivity contribution in [2.24, 2.45) is 0 Å². The van der Waals surface area contributed by atoms with Crippen LogP contribution in [0.25, 0.3) is 5.57 Å². The van der Waals surface area contributed by atoms with E-state index in [9.17, 15) is 0 Å². The van der Waals surface area contributed by atoms with E-state index in [1.165, 1.54) is 5.57 Å². The van der Waals surface area contributed by atoms with Gasteiger partial charge in [0.25, 0.3) is 0 Å². The Balaban J connectivity index is 2.98. The van der Waals surface area contributed by atoms with Gasteiger partial charge in [0.15, 0.2) is 0 Å². The zero-order valence-electron chi connectivity index (χ0n) is 8.87. The summed E-state index contributed by atoms with van der Waals surface area (Å²) in [7, 11) is 0. The van der Waals surface area contributed by atoms with E-state index in [4.69, 9.17) is 11.6 Å². The fraction of sp³-hybridized carbons (Fsp3) is 0.231. The number of halogens is 1. The molecule has 2 heteroatoms. The fourth-order valence-electron chi connectivity index (χ4n) is 1.28. The van der Waals surface area contributed by atoms with E-state index in [1.807, 2.05) is 30.3 Å². The first-order chi connectivity index (χ1) is 7.29. The van der Waals surface area contributed by atoms with Gasteiger partial charge >= 0.3 is 0 Å². The standard InChI is InChI=1S/C13H15ClS/c1-3-7-11(10-15-4-2)12-8-5-6-9-13(12)14/h3,5-6,8-10H,1,4,7H2,2H3/b11-10-. The van der Waals surface area contributed by atoms with Crippen LogP contribution in [0.2, 0.25) is 5.02 Å². The molecule has 1 aromatic carbocycles. The third kappa shape index (κ3) is 3.77. The molecule has 0 fully saturated rings. The molecular formula is C13H15ClS. The molecule has 0 bridgehead atoms. The summed E-state index contributed by atoms with van der Waals surface area (Å²) in [5.41, 5.74) is 2.35. The van der Waals surface area contributed by atoms with Crippen LogP contribution >= 0.6 is 23.4 Å². The molecule has 0 unspecified atom stereocenters. The van der Waals surface area contributed by atoms with Crippen molar-refractivity contribution in [3.8, 4) is 0 Å². The van der Waals surface area contributed by atoms with E-state index in [2.05, 4.69) is 18.9 Å². The molecule has 0 heterocycles.